The molecule has 0 spiro atoms. The van der Waals surface area contributed by atoms with Gasteiger partial charge in [0.15, 0.2) is 0 Å². The van der Waals surface area contributed by atoms with E-state index in [1.165, 1.54) is 102 Å². The second kappa shape index (κ2) is 21.4. The van der Waals surface area contributed by atoms with Crippen molar-refractivity contribution in [3.8, 4) is 0 Å². The van der Waals surface area contributed by atoms with E-state index in [0.717, 1.165) is 0 Å². The molecule has 0 radical (unpaired) electrons. The summed E-state index contributed by atoms with van der Waals surface area (Å²) in [5.74, 6) is 0. The van der Waals surface area contributed by atoms with Crippen LogP contribution in [-0.4, -0.2) is 29.4 Å². The fourth-order valence-corrected chi connectivity index (χ4v) is 3.86. The number of unbranched alkanes of at least 4 members (excludes halogenated alkanes) is 11. The van der Waals surface area contributed by atoms with Crippen LogP contribution in [0.25, 0.3) is 0 Å². The number of benzene rings is 1. The molecule has 0 unspecified atom stereocenters. The zero-order valence-corrected chi connectivity index (χ0v) is 25.0. The van der Waals surface area contributed by atoms with E-state index < -0.39 is 13.4 Å². The van der Waals surface area contributed by atoms with E-state index in [0.29, 0.717) is 0 Å². The molecule has 0 saturated carbocycles. The first-order chi connectivity index (χ1) is 14.3. The van der Waals surface area contributed by atoms with Crippen molar-refractivity contribution in [2.24, 2.45) is 0 Å². The first-order valence-corrected chi connectivity index (χ1v) is 17.6. The van der Waals surface area contributed by atoms with Gasteiger partial charge in [-0.25, -0.2) is 0 Å². The Morgan fingerprint density at radius 1 is 0.645 bits per heavy atom. The maximum Gasteiger partial charge on any atom is 0.319 e. The van der Waals surface area contributed by atoms with Gasteiger partial charge in [0.1, 0.15) is 0 Å². The van der Waals surface area contributed by atoms with E-state index in [9.17, 15) is 0 Å². The summed E-state index contributed by atoms with van der Waals surface area (Å²) in [5.41, 5.74) is 1.60. The summed E-state index contributed by atoms with van der Waals surface area (Å²) in [6.07, 6.45) is 18.6. The monoisotopic (exact) mass is 565 g/mol. The quantitative estimate of drug-likeness (QED) is 0.117. The van der Waals surface area contributed by atoms with Gasteiger partial charge in [0.05, 0.1) is 0 Å². The van der Waals surface area contributed by atoms with Crippen LogP contribution in [0, 0.1) is 0 Å². The fraction of sp³-hybridized carbons (Fsp3) is 0.700. The SMILES string of the molecule is CCCCCCCCCCCCCCc1cccc[c]1[Zn].OP(O)(O)=S.OP(O)(O)=S. The first kappa shape index (κ1) is 34.1. The van der Waals surface area contributed by atoms with E-state index in [4.69, 9.17) is 29.4 Å². The first-order valence-electron chi connectivity index (χ1n) is 10.8. The maximum absolute atomic E-state index is 7.56. The van der Waals surface area contributed by atoms with E-state index in [1.807, 2.05) is 0 Å². The molecule has 0 atom stereocenters. The topological polar surface area (TPSA) is 121 Å². The molecule has 0 saturated heterocycles. The molecule has 1 aromatic carbocycles. The molecule has 6 nitrogen and oxygen atoms in total. The van der Waals surface area contributed by atoms with E-state index >= 15 is 0 Å². The summed E-state index contributed by atoms with van der Waals surface area (Å²) in [6.45, 7) is -5.32. The van der Waals surface area contributed by atoms with Gasteiger partial charge >= 0.3 is 130 Å². The summed E-state index contributed by atoms with van der Waals surface area (Å²) >= 11 is 8.51. The van der Waals surface area contributed by atoms with Crippen molar-refractivity contribution in [1.29, 1.82) is 0 Å². The Balaban J connectivity index is 0. The van der Waals surface area contributed by atoms with Gasteiger partial charge in [-0.3, -0.25) is 0 Å². The van der Waals surface area contributed by atoms with E-state index in [2.05, 4.69) is 54.8 Å². The third-order valence-corrected chi connectivity index (χ3v) is 5.87. The molecule has 0 aromatic heterocycles. The van der Waals surface area contributed by atoms with Gasteiger partial charge in [-0.05, 0) is 23.6 Å². The normalized spacial score (nSPS) is 11.3. The summed E-state index contributed by atoms with van der Waals surface area (Å²) in [5, 5.41) is 0. The second-order valence-electron chi connectivity index (χ2n) is 7.43. The summed E-state index contributed by atoms with van der Waals surface area (Å²) in [6, 6.07) is 8.97. The Hall–Kier alpha value is 0.903. The number of hydrogen-bond acceptors (Lipinski definition) is 2. The van der Waals surface area contributed by atoms with Crippen LogP contribution in [0.2, 0.25) is 0 Å². The third-order valence-electron chi connectivity index (χ3n) is 4.42. The summed E-state index contributed by atoms with van der Waals surface area (Å²) in [7, 11) is 0. The Bertz CT molecular complexity index is 603. The molecule has 31 heavy (non-hydrogen) atoms. The van der Waals surface area contributed by atoms with Gasteiger partial charge < -0.3 is 29.4 Å². The molecular weight excluding hydrogens is 528 g/mol. The standard InChI is InChI=1S/C20H33.2H3O3PS.Zn/c1-2-3-4-5-6-7-8-9-10-11-12-14-17-20-18-15-13-16-19-20;2*1-4(2,3)5;/h13,15-16,18H,2-12,14,17H2,1H3;2*(H3,1,2,3,5);. The van der Waals surface area contributed by atoms with Crippen LogP contribution in [0.1, 0.15) is 89.5 Å². The zero-order chi connectivity index (χ0) is 24.2. The van der Waals surface area contributed by atoms with Crippen LogP contribution in [-0.2, 0) is 48.3 Å². The van der Waals surface area contributed by atoms with Gasteiger partial charge in [-0.15, -0.1) is 0 Å². The fourth-order valence-electron chi connectivity index (χ4n) is 2.96. The van der Waals surface area contributed by atoms with E-state index in [-0.39, 0.29) is 0 Å². The molecule has 0 aliphatic heterocycles. The van der Waals surface area contributed by atoms with Crippen LogP contribution < -0.4 is 4.16 Å². The van der Waals surface area contributed by atoms with Gasteiger partial charge in [0.25, 0.3) is 0 Å². The van der Waals surface area contributed by atoms with Crippen LogP contribution in [0.4, 0.5) is 0 Å². The molecule has 0 fully saturated rings. The molecule has 0 aliphatic rings. The van der Waals surface area contributed by atoms with Crippen molar-refractivity contribution in [2.75, 3.05) is 0 Å². The summed E-state index contributed by atoms with van der Waals surface area (Å²) < 4.78 is 1.58. The molecule has 6 N–H and O–H groups in total. The minimum absolute atomic E-state index is 1.30. The van der Waals surface area contributed by atoms with E-state index in [1.54, 1.807) is 9.72 Å². The number of aryl methyl sites for hydroxylation is 1. The molecule has 0 heterocycles. The van der Waals surface area contributed by atoms with Crippen LogP contribution >= 0.6 is 13.4 Å². The van der Waals surface area contributed by atoms with Crippen LogP contribution in [0.3, 0.4) is 0 Å². The molecule has 1 aromatic rings. The largest absolute Gasteiger partial charge is 0.325 e. The smallest absolute Gasteiger partial charge is 0.319 e. The Morgan fingerprint density at radius 2 is 0.968 bits per heavy atom. The minimum Gasteiger partial charge on any atom is -0.325 e. The molecule has 1 rings (SSSR count). The molecule has 0 aliphatic carbocycles. The molecule has 0 bridgehead atoms. The second-order valence-corrected chi connectivity index (χ2v) is 14.0. The minimum atomic E-state index is -3.81. The average molecular weight is 567 g/mol. The summed E-state index contributed by atoms with van der Waals surface area (Å²) in [4.78, 5) is 45.3. The predicted molar refractivity (Wildman–Crippen MR) is 133 cm³/mol. The Morgan fingerprint density at radius 3 is 1.32 bits per heavy atom. The van der Waals surface area contributed by atoms with Gasteiger partial charge in [0.2, 0.25) is 0 Å². The Labute approximate surface area is 208 Å². The van der Waals surface area contributed by atoms with Gasteiger partial charge in [-0.2, -0.15) is 0 Å². The van der Waals surface area contributed by atoms with Crippen molar-refractivity contribution >= 4 is 41.2 Å². The molecule has 0 amide bonds. The predicted octanol–water partition coefficient (Wildman–Crippen LogP) is 4.48. The molecule has 179 valence electrons. The van der Waals surface area contributed by atoms with Crippen molar-refractivity contribution in [1.82, 2.24) is 0 Å². The number of hydrogen-bond donors (Lipinski definition) is 6. The molecular formula is C20H39O6P2S2Zn. The van der Waals surface area contributed by atoms with Crippen LogP contribution in [0.5, 0.6) is 0 Å². The van der Waals surface area contributed by atoms with Crippen molar-refractivity contribution in [2.45, 2.75) is 90.4 Å². The Kier molecular flexibility index (Phi) is 23.6. The average Bonchev–Trinajstić information content (AvgIpc) is 2.61. The van der Waals surface area contributed by atoms with Crippen LogP contribution in [0.15, 0.2) is 24.3 Å². The van der Waals surface area contributed by atoms with Gasteiger partial charge in [-0.1, -0.05) is 26.2 Å². The van der Waals surface area contributed by atoms with Crippen molar-refractivity contribution < 1.29 is 47.7 Å². The van der Waals surface area contributed by atoms with Gasteiger partial charge in [0, 0.05) is 0 Å². The maximum atomic E-state index is 7.56. The zero-order valence-electron chi connectivity index (χ0n) is 18.6. The third kappa shape index (κ3) is 38.5. The molecule has 11 heteroatoms. The van der Waals surface area contributed by atoms with Crippen molar-refractivity contribution in [3.63, 3.8) is 0 Å². The number of rotatable bonds is 13. The van der Waals surface area contributed by atoms with Crippen molar-refractivity contribution in [3.05, 3.63) is 29.8 Å².